The van der Waals surface area contributed by atoms with Crippen molar-refractivity contribution in [2.24, 2.45) is 0 Å². The van der Waals surface area contributed by atoms with Crippen LogP contribution in [-0.4, -0.2) is 34.4 Å². The maximum atomic E-state index is 12.7. The van der Waals surface area contributed by atoms with Crippen molar-refractivity contribution in [2.75, 3.05) is 6.54 Å². The lowest BCUT2D eigenvalue weighted by molar-refractivity contribution is -0.138. The van der Waals surface area contributed by atoms with Gasteiger partial charge in [-0.05, 0) is 41.7 Å². The summed E-state index contributed by atoms with van der Waals surface area (Å²) in [4.78, 5) is 27.0. The fraction of sp³-hybridized carbons (Fsp3) is 0.333. The molecule has 0 spiro atoms. The first-order chi connectivity index (χ1) is 13.1. The molecule has 1 saturated heterocycles. The first-order valence-corrected chi connectivity index (χ1v) is 9.45. The highest BCUT2D eigenvalue weighted by atomic mass is 35.5. The molecule has 1 unspecified atom stereocenters. The monoisotopic (exact) mass is 386 g/mol. The van der Waals surface area contributed by atoms with Crippen molar-refractivity contribution in [1.82, 2.24) is 10.2 Å². The molecule has 6 heteroatoms. The molecule has 27 heavy (non-hydrogen) atoms. The zero-order valence-corrected chi connectivity index (χ0v) is 15.8. The number of likely N-dealkylation sites (tertiary alicyclic amines) is 1. The van der Waals surface area contributed by atoms with Crippen molar-refractivity contribution < 1.29 is 14.7 Å². The van der Waals surface area contributed by atoms with Gasteiger partial charge in [0.15, 0.2) is 0 Å². The van der Waals surface area contributed by atoms with Gasteiger partial charge in [0.2, 0.25) is 11.8 Å². The predicted molar refractivity (Wildman–Crippen MR) is 104 cm³/mol. The number of aliphatic hydroxyl groups is 1. The van der Waals surface area contributed by atoms with Gasteiger partial charge in [-0.15, -0.1) is 0 Å². The van der Waals surface area contributed by atoms with E-state index in [0.717, 1.165) is 23.1 Å². The van der Waals surface area contributed by atoms with Gasteiger partial charge < -0.3 is 15.3 Å². The maximum Gasteiger partial charge on any atom is 0.243 e. The van der Waals surface area contributed by atoms with Crippen LogP contribution in [0.4, 0.5) is 0 Å². The molecule has 0 aromatic heterocycles. The molecule has 1 aliphatic rings. The van der Waals surface area contributed by atoms with E-state index >= 15 is 0 Å². The number of nitrogens with one attached hydrogen (secondary N) is 1. The van der Waals surface area contributed by atoms with Crippen molar-refractivity contribution in [3.8, 4) is 0 Å². The van der Waals surface area contributed by atoms with Crippen molar-refractivity contribution in [3.05, 3.63) is 70.2 Å². The second kappa shape index (κ2) is 9.02. The van der Waals surface area contributed by atoms with Crippen molar-refractivity contribution in [2.45, 2.75) is 38.5 Å². The Hall–Kier alpha value is -2.37. The van der Waals surface area contributed by atoms with Gasteiger partial charge in [-0.3, -0.25) is 9.59 Å². The SMILES string of the molecule is O=C(NCc1ccc(Cl)cc1)C1CCCN1C(=O)Cc1cccc(CO)c1. The quantitative estimate of drug-likeness (QED) is 0.801. The average Bonchev–Trinajstić information content (AvgIpc) is 3.17. The van der Waals surface area contributed by atoms with Crippen LogP contribution in [0.1, 0.15) is 29.5 Å². The highest BCUT2D eigenvalue weighted by molar-refractivity contribution is 6.30. The second-order valence-electron chi connectivity index (χ2n) is 6.74. The van der Waals surface area contributed by atoms with E-state index in [-0.39, 0.29) is 24.8 Å². The number of aliphatic hydroxyl groups excluding tert-OH is 1. The van der Waals surface area contributed by atoms with E-state index in [1.54, 1.807) is 17.0 Å². The lowest BCUT2D eigenvalue weighted by Gasteiger charge is -2.24. The molecule has 0 bridgehead atoms. The number of carbonyl (C=O) groups is 2. The fourth-order valence-electron chi connectivity index (χ4n) is 3.36. The zero-order chi connectivity index (χ0) is 19.2. The van der Waals surface area contributed by atoms with Gasteiger partial charge in [-0.2, -0.15) is 0 Å². The van der Waals surface area contributed by atoms with E-state index in [4.69, 9.17) is 11.6 Å². The van der Waals surface area contributed by atoms with Crippen LogP contribution in [0.25, 0.3) is 0 Å². The van der Waals surface area contributed by atoms with Gasteiger partial charge in [0, 0.05) is 18.1 Å². The average molecular weight is 387 g/mol. The van der Waals surface area contributed by atoms with Gasteiger partial charge in [-0.1, -0.05) is 48.0 Å². The summed E-state index contributed by atoms with van der Waals surface area (Å²) in [5.41, 5.74) is 2.59. The van der Waals surface area contributed by atoms with Crippen molar-refractivity contribution in [3.63, 3.8) is 0 Å². The number of hydrogen-bond donors (Lipinski definition) is 2. The van der Waals surface area contributed by atoms with Crippen molar-refractivity contribution in [1.29, 1.82) is 0 Å². The highest BCUT2D eigenvalue weighted by Gasteiger charge is 2.33. The van der Waals surface area contributed by atoms with Crippen LogP contribution in [0.3, 0.4) is 0 Å². The molecule has 2 aromatic carbocycles. The van der Waals surface area contributed by atoms with E-state index in [1.807, 2.05) is 36.4 Å². The summed E-state index contributed by atoms with van der Waals surface area (Å²) < 4.78 is 0. The van der Waals surface area contributed by atoms with Crippen LogP contribution < -0.4 is 5.32 Å². The molecular formula is C21H23ClN2O3. The fourth-order valence-corrected chi connectivity index (χ4v) is 3.49. The van der Waals surface area contributed by atoms with E-state index in [9.17, 15) is 14.7 Å². The Morgan fingerprint density at radius 2 is 1.85 bits per heavy atom. The molecular weight excluding hydrogens is 364 g/mol. The van der Waals surface area contributed by atoms with E-state index in [1.165, 1.54) is 0 Å². The standard InChI is InChI=1S/C21H23ClN2O3/c22-18-8-6-15(7-9-18)13-23-21(27)19-5-2-10-24(19)20(26)12-16-3-1-4-17(11-16)14-25/h1,3-4,6-9,11,19,25H,2,5,10,12-14H2,(H,23,27). The lowest BCUT2D eigenvalue weighted by Crippen LogP contribution is -2.46. The summed E-state index contributed by atoms with van der Waals surface area (Å²) in [7, 11) is 0. The second-order valence-corrected chi connectivity index (χ2v) is 7.18. The number of benzene rings is 2. The topological polar surface area (TPSA) is 69.6 Å². The van der Waals surface area contributed by atoms with Crippen LogP contribution in [0, 0.1) is 0 Å². The number of carbonyl (C=O) groups excluding carboxylic acids is 2. The predicted octanol–water partition coefficient (Wildman–Crippen LogP) is 2.68. The van der Waals surface area contributed by atoms with Gasteiger partial charge in [0.1, 0.15) is 6.04 Å². The van der Waals surface area contributed by atoms with Crippen LogP contribution in [0.5, 0.6) is 0 Å². The molecule has 2 aromatic rings. The van der Waals surface area contributed by atoms with Crippen LogP contribution >= 0.6 is 11.6 Å². The molecule has 2 N–H and O–H groups in total. The zero-order valence-electron chi connectivity index (χ0n) is 15.0. The number of rotatable bonds is 6. The Bertz CT molecular complexity index is 807. The van der Waals surface area contributed by atoms with Crippen LogP contribution in [-0.2, 0) is 29.2 Å². The summed E-state index contributed by atoms with van der Waals surface area (Å²) in [5, 5.41) is 12.8. The van der Waals surface area contributed by atoms with Gasteiger partial charge in [0.05, 0.1) is 13.0 Å². The molecule has 0 radical (unpaired) electrons. The minimum Gasteiger partial charge on any atom is -0.392 e. The van der Waals surface area contributed by atoms with Gasteiger partial charge >= 0.3 is 0 Å². The lowest BCUT2D eigenvalue weighted by atomic mass is 10.1. The number of amides is 2. The number of halogens is 1. The summed E-state index contributed by atoms with van der Waals surface area (Å²) in [6.07, 6.45) is 1.73. The molecule has 142 valence electrons. The number of nitrogens with zero attached hydrogens (tertiary/aromatic N) is 1. The third-order valence-corrected chi connectivity index (χ3v) is 5.04. The smallest absolute Gasteiger partial charge is 0.243 e. The van der Waals surface area contributed by atoms with Crippen LogP contribution in [0.15, 0.2) is 48.5 Å². The normalized spacial score (nSPS) is 16.4. The Labute approximate surface area is 163 Å². The van der Waals surface area contributed by atoms with E-state index < -0.39 is 6.04 Å². The molecule has 0 aliphatic carbocycles. The van der Waals surface area contributed by atoms with Gasteiger partial charge in [0.25, 0.3) is 0 Å². The largest absolute Gasteiger partial charge is 0.392 e. The minimum absolute atomic E-state index is 0.0541. The molecule has 2 amide bonds. The van der Waals surface area contributed by atoms with E-state index in [2.05, 4.69) is 5.32 Å². The highest BCUT2D eigenvalue weighted by Crippen LogP contribution is 2.20. The summed E-state index contributed by atoms with van der Waals surface area (Å²) in [5.74, 6) is -0.186. The Kier molecular flexibility index (Phi) is 6.48. The summed E-state index contributed by atoms with van der Waals surface area (Å²) in [6, 6.07) is 14.2. The molecule has 3 rings (SSSR count). The Morgan fingerprint density at radius 3 is 2.59 bits per heavy atom. The summed E-state index contributed by atoms with van der Waals surface area (Å²) in [6.45, 7) is 0.951. The molecule has 0 saturated carbocycles. The first-order valence-electron chi connectivity index (χ1n) is 9.07. The molecule has 1 aliphatic heterocycles. The van der Waals surface area contributed by atoms with E-state index in [0.29, 0.717) is 24.5 Å². The minimum atomic E-state index is -0.425. The van der Waals surface area contributed by atoms with Crippen LogP contribution in [0.2, 0.25) is 5.02 Å². The number of hydrogen-bond acceptors (Lipinski definition) is 3. The molecule has 1 fully saturated rings. The van der Waals surface area contributed by atoms with Crippen molar-refractivity contribution >= 4 is 23.4 Å². The third kappa shape index (κ3) is 5.08. The molecule has 1 atom stereocenters. The third-order valence-electron chi connectivity index (χ3n) is 4.79. The Balaban J connectivity index is 1.59. The molecule has 5 nitrogen and oxygen atoms in total. The first kappa shape index (κ1) is 19.4. The Morgan fingerprint density at radius 1 is 1.11 bits per heavy atom. The summed E-state index contributed by atoms with van der Waals surface area (Å²) >= 11 is 5.87. The molecule has 1 heterocycles. The maximum absolute atomic E-state index is 12.7. The van der Waals surface area contributed by atoms with Gasteiger partial charge in [-0.25, -0.2) is 0 Å².